The fourth-order valence-electron chi connectivity index (χ4n) is 1.65. The van der Waals surface area contributed by atoms with Crippen molar-refractivity contribution in [2.45, 2.75) is 12.5 Å². The average Bonchev–Trinajstić information content (AvgIpc) is 2.36. The van der Waals surface area contributed by atoms with Crippen molar-refractivity contribution >= 4 is 10.8 Å². The lowest BCUT2D eigenvalue weighted by Crippen LogP contribution is -1.99. The zero-order valence-electron chi connectivity index (χ0n) is 9.56. The minimum absolute atomic E-state index is 0.501. The zero-order valence-corrected chi connectivity index (χ0v) is 9.56. The van der Waals surface area contributed by atoms with Gasteiger partial charge in [0.25, 0.3) is 0 Å². The second-order valence-corrected chi connectivity index (χ2v) is 3.87. The molecule has 0 saturated carbocycles. The van der Waals surface area contributed by atoms with Gasteiger partial charge in [0, 0.05) is 12.0 Å². The first kappa shape index (κ1) is 11.4. The molecule has 0 saturated heterocycles. The second-order valence-electron chi connectivity index (χ2n) is 3.87. The molecule has 0 fully saturated rings. The van der Waals surface area contributed by atoms with E-state index in [9.17, 15) is 5.11 Å². The van der Waals surface area contributed by atoms with E-state index in [1.807, 2.05) is 30.3 Å². The van der Waals surface area contributed by atoms with Crippen LogP contribution in [0.25, 0.3) is 10.8 Å². The van der Waals surface area contributed by atoms with Crippen LogP contribution in [-0.2, 0) is 0 Å². The molecule has 0 spiro atoms. The van der Waals surface area contributed by atoms with Crippen molar-refractivity contribution in [1.29, 1.82) is 0 Å². The number of benzene rings is 2. The van der Waals surface area contributed by atoms with Gasteiger partial charge < -0.3 is 5.11 Å². The smallest absolute Gasteiger partial charge is 0.118 e. The number of fused-ring (bicyclic) bond motifs is 1. The summed E-state index contributed by atoms with van der Waals surface area (Å²) >= 11 is 0. The topological polar surface area (TPSA) is 20.2 Å². The molecule has 1 unspecified atom stereocenters. The van der Waals surface area contributed by atoms with Gasteiger partial charge in [-0.05, 0) is 22.9 Å². The third kappa shape index (κ3) is 2.96. The van der Waals surface area contributed by atoms with Crippen molar-refractivity contribution in [2.75, 3.05) is 0 Å². The molecule has 2 aromatic carbocycles. The van der Waals surface area contributed by atoms with Crippen molar-refractivity contribution in [3.8, 4) is 11.8 Å². The van der Waals surface area contributed by atoms with Crippen LogP contribution >= 0.6 is 0 Å². The Kier molecular flexibility index (Phi) is 3.59. The number of rotatable bonds is 2. The highest BCUT2D eigenvalue weighted by Crippen LogP contribution is 2.14. The van der Waals surface area contributed by atoms with Crippen LogP contribution in [0.5, 0.6) is 0 Å². The van der Waals surface area contributed by atoms with E-state index in [0.29, 0.717) is 6.42 Å². The standard InChI is InChI=1S/C16H14O/c1-2-5-16(17)11-9-13-8-10-14-6-3-4-7-15(14)12-13/h2-4,6-8,10,12,16-17H,1,5H2. The lowest BCUT2D eigenvalue weighted by molar-refractivity contribution is 0.236. The first-order valence-corrected chi connectivity index (χ1v) is 5.59. The van der Waals surface area contributed by atoms with Crippen molar-refractivity contribution in [3.05, 3.63) is 60.7 Å². The van der Waals surface area contributed by atoms with Gasteiger partial charge in [0.1, 0.15) is 6.10 Å². The summed E-state index contributed by atoms with van der Waals surface area (Å²) in [7, 11) is 0. The summed E-state index contributed by atoms with van der Waals surface area (Å²) in [5.41, 5.74) is 0.923. The Morgan fingerprint density at radius 1 is 1.18 bits per heavy atom. The predicted molar refractivity (Wildman–Crippen MR) is 71.6 cm³/mol. The molecule has 2 rings (SSSR count). The molecule has 1 N–H and O–H groups in total. The molecule has 0 amide bonds. The molecule has 0 bridgehead atoms. The molecule has 84 valence electrons. The van der Waals surface area contributed by atoms with E-state index in [1.165, 1.54) is 5.39 Å². The first-order valence-electron chi connectivity index (χ1n) is 5.59. The highest BCUT2D eigenvalue weighted by atomic mass is 16.3. The van der Waals surface area contributed by atoms with Gasteiger partial charge in [0.2, 0.25) is 0 Å². The van der Waals surface area contributed by atoms with Gasteiger partial charge in [-0.3, -0.25) is 0 Å². The monoisotopic (exact) mass is 222 g/mol. The second kappa shape index (κ2) is 5.34. The van der Waals surface area contributed by atoms with Gasteiger partial charge >= 0.3 is 0 Å². The van der Waals surface area contributed by atoms with Crippen LogP contribution in [0, 0.1) is 11.8 Å². The van der Waals surface area contributed by atoms with Crippen LogP contribution in [0.3, 0.4) is 0 Å². The van der Waals surface area contributed by atoms with Gasteiger partial charge in [0.05, 0.1) is 0 Å². The Hall–Kier alpha value is -2.04. The lowest BCUT2D eigenvalue weighted by atomic mass is 10.1. The molecule has 0 radical (unpaired) electrons. The zero-order chi connectivity index (χ0) is 12.1. The summed E-state index contributed by atoms with van der Waals surface area (Å²) in [5, 5.41) is 11.8. The van der Waals surface area contributed by atoms with E-state index in [1.54, 1.807) is 6.08 Å². The van der Waals surface area contributed by atoms with Gasteiger partial charge in [-0.25, -0.2) is 0 Å². The van der Waals surface area contributed by atoms with Crippen molar-refractivity contribution in [2.24, 2.45) is 0 Å². The SMILES string of the molecule is C=CCC(O)C#Cc1ccc2ccccc2c1. The minimum atomic E-state index is -0.626. The van der Waals surface area contributed by atoms with Gasteiger partial charge in [-0.15, -0.1) is 6.58 Å². The molecule has 0 heterocycles. The maximum Gasteiger partial charge on any atom is 0.118 e. The normalized spacial score (nSPS) is 11.6. The van der Waals surface area contributed by atoms with Gasteiger partial charge in [-0.1, -0.05) is 48.2 Å². The largest absolute Gasteiger partial charge is 0.380 e. The Bertz CT molecular complexity index is 587. The summed E-state index contributed by atoms with van der Waals surface area (Å²) in [6.07, 6.45) is 1.54. The van der Waals surface area contributed by atoms with Crippen LogP contribution in [0.1, 0.15) is 12.0 Å². The van der Waals surface area contributed by atoms with Crippen molar-refractivity contribution in [3.63, 3.8) is 0 Å². The van der Waals surface area contributed by atoms with Crippen molar-refractivity contribution < 1.29 is 5.11 Å². The molecule has 1 nitrogen and oxygen atoms in total. The van der Waals surface area contributed by atoms with E-state index in [4.69, 9.17) is 0 Å². The minimum Gasteiger partial charge on any atom is -0.380 e. The summed E-state index contributed by atoms with van der Waals surface area (Å²) < 4.78 is 0. The fourth-order valence-corrected chi connectivity index (χ4v) is 1.65. The third-order valence-corrected chi connectivity index (χ3v) is 2.52. The number of hydrogen-bond acceptors (Lipinski definition) is 1. The lowest BCUT2D eigenvalue weighted by Gasteiger charge is -1.98. The number of aliphatic hydroxyl groups is 1. The van der Waals surface area contributed by atoms with Crippen LogP contribution in [0.4, 0.5) is 0 Å². The maximum absolute atomic E-state index is 9.48. The Balaban J connectivity index is 2.27. The summed E-state index contributed by atoms with van der Waals surface area (Å²) in [5.74, 6) is 5.77. The van der Waals surface area contributed by atoms with Crippen LogP contribution in [0.15, 0.2) is 55.1 Å². The summed E-state index contributed by atoms with van der Waals surface area (Å²) in [6.45, 7) is 3.57. The average molecular weight is 222 g/mol. The molecule has 0 aliphatic heterocycles. The molecule has 0 aliphatic carbocycles. The maximum atomic E-state index is 9.48. The third-order valence-electron chi connectivity index (χ3n) is 2.52. The molecule has 1 heteroatoms. The Labute approximate surface area is 101 Å². The molecular weight excluding hydrogens is 208 g/mol. The van der Waals surface area contributed by atoms with E-state index in [-0.39, 0.29) is 0 Å². The van der Waals surface area contributed by atoms with Crippen molar-refractivity contribution in [1.82, 2.24) is 0 Å². The number of aliphatic hydroxyl groups excluding tert-OH is 1. The molecule has 1 atom stereocenters. The summed E-state index contributed by atoms with van der Waals surface area (Å²) in [6, 6.07) is 14.2. The molecule has 17 heavy (non-hydrogen) atoms. The quantitative estimate of drug-likeness (QED) is 0.611. The highest BCUT2D eigenvalue weighted by molar-refractivity contribution is 5.83. The van der Waals surface area contributed by atoms with E-state index >= 15 is 0 Å². The van der Waals surface area contributed by atoms with Gasteiger partial charge in [0.15, 0.2) is 0 Å². The fraction of sp³-hybridized carbons (Fsp3) is 0.125. The predicted octanol–water partition coefficient (Wildman–Crippen LogP) is 3.13. The van der Waals surface area contributed by atoms with Crippen LogP contribution in [0.2, 0.25) is 0 Å². The van der Waals surface area contributed by atoms with Gasteiger partial charge in [-0.2, -0.15) is 0 Å². The number of hydrogen-bond donors (Lipinski definition) is 1. The Morgan fingerprint density at radius 3 is 2.71 bits per heavy atom. The Morgan fingerprint density at radius 2 is 1.94 bits per heavy atom. The molecule has 0 aliphatic rings. The van der Waals surface area contributed by atoms with E-state index in [0.717, 1.165) is 10.9 Å². The van der Waals surface area contributed by atoms with Crippen LogP contribution in [-0.4, -0.2) is 11.2 Å². The molecule has 2 aromatic rings. The van der Waals surface area contributed by atoms with Crippen LogP contribution < -0.4 is 0 Å². The summed E-state index contributed by atoms with van der Waals surface area (Å²) in [4.78, 5) is 0. The first-order chi connectivity index (χ1) is 8.29. The highest BCUT2D eigenvalue weighted by Gasteiger charge is 1.95. The van der Waals surface area contributed by atoms with E-state index < -0.39 is 6.10 Å². The molecular formula is C16H14O. The molecule has 0 aromatic heterocycles. The van der Waals surface area contributed by atoms with E-state index in [2.05, 4.69) is 30.6 Å².